The number of carbonyl (C=O) groups is 4. The molecule has 4 N–H and O–H groups in total. The van der Waals surface area contributed by atoms with Crippen molar-refractivity contribution in [3.8, 4) is 0 Å². The molecule has 0 aliphatic carbocycles. The van der Waals surface area contributed by atoms with E-state index in [4.69, 9.17) is 20.4 Å². The molecule has 0 radical (unpaired) electrons. The third-order valence-electron chi connectivity index (χ3n) is 4.14. The van der Waals surface area contributed by atoms with E-state index in [1.54, 1.807) is 27.7 Å². The first-order valence-electron chi connectivity index (χ1n) is 9.64. The third-order valence-corrected chi connectivity index (χ3v) is 4.14. The maximum absolute atomic E-state index is 9.93. The summed E-state index contributed by atoms with van der Waals surface area (Å²) in [6.07, 6.45) is 2.87. The second kappa shape index (κ2) is 24.6. The number of carboxylic acids is 4. The van der Waals surface area contributed by atoms with E-state index in [1.807, 2.05) is 27.7 Å². The number of carboxylic acid groups (broad SMARTS) is 4. The van der Waals surface area contributed by atoms with E-state index in [2.05, 4.69) is 0 Å². The minimum Gasteiger partial charge on any atom is -0.481 e. The second-order valence-corrected chi connectivity index (χ2v) is 6.59. The molecule has 29 heavy (non-hydrogen) atoms. The fraction of sp³-hybridized carbons (Fsp3) is 0.800. The van der Waals surface area contributed by atoms with Gasteiger partial charge in [0.2, 0.25) is 0 Å². The predicted molar refractivity (Wildman–Crippen MR) is 108 cm³/mol. The normalized spacial score (nSPS) is 13.0. The first-order chi connectivity index (χ1) is 12.7. The molecule has 4 unspecified atom stereocenters. The Bertz CT molecular complexity index is 360. The number of hydrogen-bond acceptors (Lipinski definition) is 4. The van der Waals surface area contributed by atoms with E-state index in [0.29, 0.717) is 0 Å². The molecular weight excluding hydrogens is 416 g/mol. The predicted octanol–water partition coefficient (Wildman–Crippen LogP) is 4.47. The molecule has 0 rings (SSSR count). The van der Waals surface area contributed by atoms with Crippen molar-refractivity contribution in [2.45, 2.75) is 81.1 Å². The molecular formula is C20H40O8Ti. The van der Waals surface area contributed by atoms with E-state index in [0.717, 1.165) is 25.7 Å². The van der Waals surface area contributed by atoms with Gasteiger partial charge in [-0.2, -0.15) is 0 Å². The molecule has 0 aromatic carbocycles. The minimum absolute atomic E-state index is 0. The molecule has 0 spiro atoms. The minimum atomic E-state index is -0.706. The van der Waals surface area contributed by atoms with Gasteiger partial charge in [0.25, 0.3) is 0 Å². The van der Waals surface area contributed by atoms with Crippen molar-refractivity contribution in [3.05, 3.63) is 0 Å². The molecule has 0 aromatic rings. The molecule has 0 bridgehead atoms. The summed E-state index contributed by atoms with van der Waals surface area (Å²) in [6.45, 7) is 14.2. The summed E-state index contributed by atoms with van der Waals surface area (Å²) in [4.78, 5) is 39.7. The SMILES string of the molecule is CCC(C)C(=O)O.CCC(C)C(=O)O.CCC(C)C(=O)O.CCC(C)C(=O)O.[Ti]. The maximum atomic E-state index is 9.93. The van der Waals surface area contributed by atoms with Crippen LogP contribution in [0.4, 0.5) is 0 Å². The van der Waals surface area contributed by atoms with Gasteiger partial charge in [0.05, 0.1) is 23.7 Å². The third kappa shape index (κ3) is 31.5. The Morgan fingerprint density at radius 3 is 0.586 bits per heavy atom. The topological polar surface area (TPSA) is 149 Å². The summed E-state index contributed by atoms with van der Waals surface area (Å²) in [5.74, 6) is -3.55. The van der Waals surface area contributed by atoms with Crippen molar-refractivity contribution in [2.75, 3.05) is 0 Å². The van der Waals surface area contributed by atoms with Gasteiger partial charge in [-0.1, -0.05) is 55.4 Å². The second-order valence-electron chi connectivity index (χ2n) is 6.59. The zero-order chi connectivity index (χ0) is 23.4. The van der Waals surface area contributed by atoms with Crippen LogP contribution in [0.15, 0.2) is 0 Å². The molecule has 0 saturated heterocycles. The Balaban J connectivity index is -0.0000000873. The van der Waals surface area contributed by atoms with Gasteiger partial charge in [0, 0.05) is 21.7 Å². The average Bonchev–Trinajstić information content (AvgIpc) is 2.66. The van der Waals surface area contributed by atoms with Crippen molar-refractivity contribution in [1.82, 2.24) is 0 Å². The summed E-state index contributed by atoms with van der Waals surface area (Å²) in [7, 11) is 0. The molecule has 8 nitrogen and oxygen atoms in total. The molecule has 0 amide bonds. The van der Waals surface area contributed by atoms with Crippen LogP contribution in [0.3, 0.4) is 0 Å². The zero-order valence-electron chi connectivity index (χ0n) is 19.1. The quantitative estimate of drug-likeness (QED) is 0.391. The van der Waals surface area contributed by atoms with Gasteiger partial charge < -0.3 is 20.4 Å². The molecule has 4 atom stereocenters. The summed E-state index contributed by atoms with van der Waals surface area (Å²) < 4.78 is 0. The molecule has 0 fully saturated rings. The van der Waals surface area contributed by atoms with Crippen LogP contribution in [0.2, 0.25) is 0 Å². The van der Waals surface area contributed by atoms with E-state index >= 15 is 0 Å². The molecule has 172 valence electrons. The fourth-order valence-corrected chi connectivity index (χ4v) is 0.698. The summed E-state index contributed by atoms with van der Waals surface area (Å²) in [5, 5.41) is 32.7. The van der Waals surface area contributed by atoms with Crippen LogP contribution in [0.1, 0.15) is 81.1 Å². The Hall–Kier alpha value is -1.41. The molecule has 0 aliphatic rings. The maximum Gasteiger partial charge on any atom is 0.306 e. The van der Waals surface area contributed by atoms with Gasteiger partial charge >= 0.3 is 23.9 Å². The van der Waals surface area contributed by atoms with Crippen LogP contribution in [-0.2, 0) is 40.9 Å². The number of rotatable bonds is 8. The van der Waals surface area contributed by atoms with E-state index in [1.165, 1.54) is 0 Å². The van der Waals surface area contributed by atoms with Crippen LogP contribution >= 0.6 is 0 Å². The van der Waals surface area contributed by atoms with Gasteiger partial charge in [0.15, 0.2) is 0 Å². The first kappa shape index (κ1) is 38.2. The molecule has 0 saturated carbocycles. The van der Waals surface area contributed by atoms with Gasteiger partial charge in [-0.15, -0.1) is 0 Å². The average molecular weight is 456 g/mol. The van der Waals surface area contributed by atoms with Gasteiger partial charge in [0.1, 0.15) is 0 Å². The summed E-state index contributed by atoms with van der Waals surface area (Å²) in [6, 6.07) is 0. The molecule has 0 heterocycles. The number of hydrogen-bond donors (Lipinski definition) is 4. The van der Waals surface area contributed by atoms with Crippen LogP contribution in [-0.4, -0.2) is 44.3 Å². The summed E-state index contributed by atoms with van der Waals surface area (Å²) in [5.41, 5.74) is 0. The van der Waals surface area contributed by atoms with E-state index in [9.17, 15) is 19.2 Å². The smallest absolute Gasteiger partial charge is 0.306 e. The van der Waals surface area contributed by atoms with Crippen molar-refractivity contribution >= 4 is 23.9 Å². The van der Waals surface area contributed by atoms with Crippen LogP contribution < -0.4 is 0 Å². The Kier molecular flexibility index (Phi) is 32.5. The first-order valence-corrected chi connectivity index (χ1v) is 9.64. The standard InChI is InChI=1S/4C5H10O2.Ti/c4*1-3-4(2)5(6)7;/h4*4H,3H2,1-2H3,(H,6,7);. The molecule has 0 aliphatic heterocycles. The van der Waals surface area contributed by atoms with Crippen LogP contribution in [0.25, 0.3) is 0 Å². The Morgan fingerprint density at radius 2 is 0.586 bits per heavy atom. The zero-order valence-corrected chi connectivity index (χ0v) is 20.6. The van der Waals surface area contributed by atoms with Gasteiger partial charge in [-0.05, 0) is 25.7 Å². The Morgan fingerprint density at radius 1 is 0.483 bits per heavy atom. The largest absolute Gasteiger partial charge is 0.481 e. The van der Waals surface area contributed by atoms with Crippen LogP contribution in [0.5, 0.6) is 0 Å². The van der Waals surface area contributed by atoms with Crippen molar-refractivity contribution in [1.29, 1.82) is 0 Å². The van der Waals surface area contributed by atoms with Gasteiger partial charge in [-0.25, -0.2) is 0 Å². The van der Waals surface area contributed by atoms with Gasteiger partial charge in [-0.3, -0.25) is 19.2 Å². The molecule has 0 aromatic heterocycles. The van der Waals surface area contributed by atoms with Crippen molar-refractivity contribution in [2.24, 2.45) is 23.7 Å². The number of aliphatic carboxylic acids is 4. The van der Waals surface area contributed by atoms with Crippen molar-refractivity contribution < 1.29 is 61.3 Å². The monoisotopic (exact) mass is 456 g/mol. The molecule has 9 heteroatoms. The van der Waals surface area contributed by atoms with E-state index in [-0.39, 0.29) is 45.4 Å². The Labute approximate surface area is 190 Å². The fourth-order valence-electron chi connectivity index (χ4n) is 0.698. The van der Waals surface area contributed by atoms with E-state index < -0.39 is 23.9 Å². The summed E-state index contributed by atoms with van der Waals surface area (Å²) >= 11 is 0. The van der Waals surface area contributed by atoms with Crippen molar-refractivity contribution in [3.63, 3.8) is 0 Å². The van der Waals surface area contributed by atoms with Crippen LogP contribution in [0, 0.1) is 23.7 Å².